The first-order valence-corrected chi connectivity index (χ1v) is 5.29. The molecule has 3 N–H and O–H groups in total. The van der Waals surface area contributed by atoms with Gasteiger partial charge in [-0.05, 0) is 6.42 Å². The summed E-state index contributed by atoms with van der Waals surface area (Å²) in [4.78, 5) is 32.6. The molecule has 0 aliphatic carbocycles. The number of imide groups is 1. The van der Waals surface area contributed by atoms with Crippen molar-refractivity contribution in [3.63, 3.8) is 0 Å². The smallest absolute Gasteiger partial charge is 0.249 e. The lowest BCUT2D eigenvalue weighted by Gasteiger charge is -2.33. The van der Waals surface area contributed by atoms with Crippen LogP contribution in [-0.2, 0) is 9.59 Å². The summed E-state index contributed by atoms with van der Waals surface area (Å²) >= 11 is 0. The highest BCUT2D eigenvalue weighted by atomic mass is 16.2. The van der Waals surface area contributed by atoms with E-state index in [9.17, 15) is 9.59 Å². The molecule has 17 heavy (non-hydrogen) atoms. The zero-order valence-electron chi connectivity index (χ0n) is 9.38. The minimum atomic E-state index is -0.413. The Kier molecular flexibility index (Phi) is 2.90. The molecule has 1 fully saturated rings. The molecular weight excluding hydrogens is 222 g/mol. The van der Waals surface area contributed by atoms with Crippen LogP contribution in [0.2, 0.25) is 0 Å². The largest absolute Gasteiger partial charge is 0.382 e. The average Bonchev–Trinajstić information content (AvgIpc) is 2.28. The summed E-state index contributed by atoms with van der Waals surface area (Å²) in [6, 6.07) is -0.413. The van der Waals surface area contributed by atoms with Crippen molar-refractivity contribution in [1.29, 1.82) is 0 Å². The lowest BCUT2D eigenvalue weighted by atomic mass is 10.1. The fraction of sp³-hybridized carbons (Fsp3) is 0.400. The highest BCUT2D eigenvalue weighted by Crippen LogP contribution is 2.18. The van der Waals surface area contributed by atoms with Crippen LogP contribution < -0.4 is 16.0 Å². The second kappa shape index (κ2) is 4.36. The molecular formula is C10H13N5O2. The van der Waals surface area contributed by atoms with E-state index < -0.39 is 6.04 Å². The highest BCUT2D eigenvalue weighted by Gasteiger charge is 2.33. The molecule has 2 amide bonds. The molecule has 0 bridgehead atoms. The number of carbonyl (C=O) groups is 2. The predicted octanol–water partition coefficient (Wildman–Crippen LogP) is -0.700. The molecule has 0 aromatic carbocycles. The molecule has 1 unspecified atom stereocenters. The molecule has 7 heteroatoms. The molecule has 7 nitrogen and oxygen atoms in total. The van der Waals surface area contributed by atoms with Gasteiger partial charge in [0.25, 0.3) is 0 Å². The van der Waals surface area contributed by atoms with Gasteiger partial charge in [0.2, 0.25) is 11.8 Å². The van der Waals surface area contributed by atoms with E-state index in [1.165, 1.54) is 12.4 Å². The Balaban J connectivity index is 2.34. The Labute approximate surface area is 98.0 Å². The van der Waals surface area contributed by atoms with Gasteiger partial charge in [0.05, 0.1) is 18.9 Å². The summed E-state index contributed by atoms with van der Waals surface area (Å²) in [5, 5.41) is 2.30. The SMILES string of the molecule is CCC1C(=O)NC(=O)CN1c1cncc(N)n1. The maximum atomic E-state index is 11.7. The molecule has 1 atom stereocenters. The van der Waals surface area contributed by atoms with Gasteiger partial charge in [0, 0.05) is 0 Å². The van der Waals surface area contributed by atoms with Crippen molar-refractivity contribution in [2.24, 2.45) is 0 Å². The second-order valence-corrected chi connectivity index (χ2v) is 3.77. The van der Waals surface area contributed by atoms with Crippen molar-refractivity contribution in [1.82, 2.24) is 15.3 Å². The van der Waals surface area contributed by atoms with Gasteiger partial charge < -0.3 is 10.6 Å². The van der Waals surface area contributed by atoms with Gasteiger partial charge in [-0.1, -0.05) is 6.92 Å². The second-order valence-electron chi connectivity index (χ2n) is 3.77. The summed E-state index contributed by atoms with van der Waals surface area (Å²) in [5.74, 6) is 0.0488. The van der Waals surface area contributed by atoms with E-state index in [4.69, 9.17) is 5.73 Å². The van der Waals surface area contributed by atoms with Crippen LogP contribution in [0.15, 0.2) is 12.4 Å². The molecule has 1 saturated heterocycles. The minimum absolute atomic E-state index is 0.0857. The number of aromatic nitrogens is 2. The van der Waals surface area contributed by atoms with Crippen molar-refractivity contribution in [3.05, 3.63) is 12.4 Å². The quantitative estimate of drug-likeness (QED) is 0.657. The van der Waals surface area contributed by atoms with Gasteiger partial charge in [-0.25, -0.2) is 4.98 Å². The summed E-state index contributed by atoms with van der Waals surface area (Å²) < 4.78 is 0. The van der Waals surface area contributed by atoms with Gasteiger partial charge in [0.15, 0.2) is 5.82 Å². The number of rotatable bonds is 2. The van der Waals surface area contributed by atoms with E-state index in [2.05, 4.69) is 15.3 Å². The number of nitrogen functional groups attached to an aromatic ring is 1. The Bertz CT molecular complexity index is 462. The van der Waals surface area contributed by atoms with Crippen molar-refractivity contribution in [2.75, 3.05) is 17.2 Å². The van der Waals surface area contributed by atoms with Gasteiger partial charge in [0.1, 0.15) is 11.9 Å². The van der Waals surface area contributed by atoms with E-state index in [0.29, 0.717) is 12.2 Å². The fourth-order valence-corrected chi connectivity index (χ4v) is 1.82. The summed E-state index contributed by atoms with van der Waals surface area (Å²) in [6.45, 7) is 1.95. The number of anilines is 2. The number of hydrogen-bond donors (Lipinski definition) is 2. The molecule has 90 valence electrons. The number of nitrogens with zero attached hydrogens (tertiary/aromatic N) is 3. The first-order valence-electron chi connectivity index (χ1n) is 5.29. The predicted molar refractivity (Wildman–Crippen MR) is 61.0 cm³/mol. The van der Waals surface area contributed by atoms with Gasteiger partial charge >= 0.3 is 0 Å². The number of hydrogen-bond acceptors (Lipinski definition) is 6. The molecule has 0 spiro atoms. The first-order chi connectivity index (χ1) is 8.11. The van der Waals surface area contributed by atoms with E-state index in [-0.39, 0.29) is 24.2 Å². The molecule has 2 rings (SSSR count). The van der Waals surface area contributed by atoms with Crippen molar-refractivity contribution in [3.8, 4) is 0 Å². The van der Waals surface area contributed by atoms with Crippen LogP contribution in [0.3, 0.4) is 0 Å². The Hall–Kier alpha value is -2.18. The molecule has 1 aromatic rings. The summed E-state index contributed by atoms with van der Waals surface area (Å²) in [5.41, 5.74) is 5.54. The Morgan fingerprint density at radius 1 is 1.53 bits per heavy atom. The summed E-state index contributed by atoms with van der Waals surface area (Å²) in [7, 11) is 0. The van der Waals surface area contributed by atoms with Crippen molar-refractivity contribution < 1.29 is 9.59 Å². The maximum absolute atomic E-state index is 11.7. The van der Waals surface area contributed by atoms with Crippen molar-refractivity contribution in [2.45, 2.75) is 19.4 Å². The molecule has 2 heterocycles. The van der Waals surface area contributed by atoms with E-state index >= 15 is 0 Å². The molecule has 1 aromatic heterocycles. The topological polar surface area (TPSA) is 101 Å². The molecule has 1 aliphatic rings. The van der Waals surface area contributed by atoms with Crippen molar-refractivity contribution >= 4 is 23.5 Å². The lowest BCUT2D eigenvalue weighted by Crippen LogP contribution is -2.58. The fourth-order valence-electron chi connectivity index (χ4n) is 1.82. The third-order valence-corrected chi connectivity index (χ3v) is 2.58. The number of nitrogens with two attached hydrogens (primary N) is 1. The Morgan fingerprint density at radius 3 is 2.94 bits per heavy atom. The maximum Gasteiger partial charge on any atom is 0.249 e. The highest BCUT2D eigenvalue weighted by molar-refractivity contribution is 6.04. The normalized spacial score (nSPS) is 20.3. The molecule has 0 saturated carbocycles. The standard InChI is InChI=1S/C10H13N5O2/c1-2-6-10(17)14-9(16)5-15(6)8-4-12-3-7(11)13-8/h3-4,6H,2,5H2,1H3,(H2,11,13)(H,14,16,17). The Morgan fingerprint density at radius 2 is 2.29 bits per heavy atom. The molecule has 0 radical (unpaired) electrons. The number of amides is 2. The first kappa shape index (κ1) is 11.3. The van der Waals surface area contributed by atoms with Crippen LogP contribution in [0.25, 0.3) is 0 Å². The summed E-state index contributed by atoms with van der Waals surface area (Å²) in [6.07, 6.45) is 3.48. The van der Waals surface area contributed by atoms with Crippen LogP contribution in [0.4, 0.5) is 11.6 Å². The zero-order chi connectivity index (χ0) is 12.4. The van der Waals surface area contributed by atoms with E-state index in [0.717, 1.165) is 0 Å². The monoisotopic (exact) mass is 235 g/mol. The lowest BCUT2D eigenvalue weighted by molar-refractivity contribution is -0.132. The minimum Gasteiger partial charge on any atom is -0.382 e. The number of nitrogens with one attached hydrogen (secondary N) is 1. The third-order valence-electron chi connectivity index (χ3n) is 2.58. The van der Waals surface area contributed by atoms with Gasteiger partial charge in [-0.2, -0.15) is 0 Å². The van der Waals surface area contributed by atoms with E-state index in [1.807, 2.05) is 6.92 Å². The third kappa shape index (κ3) is 2.17. The van der Waals surface area contributed by atoms with Crippen LogP contribution in [0.1, 0.15) is 13.3 Å². The van der Waals surface area contributed by atoms with Crippen LogP contribution in [0, 0.1) is 0 Å². The van der Waals surface area contributed by atoms with E-state index in [1.54, 1.807) is 4.90 Å². The van der Waals surface area contributed by atoms with Crippen LogP contribution >= 0.6 is 0 Å². The average molecular weight is 235 g/mol. The van der Waals surface area contributed by atoms with Gasteiger partial charge in [-0.15, -0.1) is 0 Å². The molecule has 1 aliphatic heterocycles. The van der Waals surface area contributed by atoms with Crippen LogP contribution in [-0.4, -0.2) is 34.4 Å². The zero-order valence-corrected chi connectivity index (χ0v) is 9.38. The van der Waals surface area contributed by atoms with Gasteiger partial charge in [-0.3, -0.25) is 19.9 Å². The number of piperazine rings is 1. The number of carbonyl (C=O) groups excluding carboxylic acids is 2. The van der Waals surface area contributed by atoms with Crippen LogP contribution in [0.5, 0.6) is 0 Å².